The second kappa shape index (κ2) is 10.4. The summed E-state index contributed by atoms with van der Waals surface area (Å²) in [5.74, 6) is -0.120. The Hall–Kier alpha value is -1.28. The fourth-order valence-corrected chi connectivity index (χ4v) is 8.98. The van der Waals surface area contributed by atoms with Crippen LogP contribution in [-0.4, -0.2) is 76.0 Å². The van der Waals surface area contributed by atoms with Crippen LogP contribution >= 0.6 is 0 Å². The molecular weight excluding hydrogens is 470 g/mol. The molecule has 0 spiro atoms. The number of rotatable bonds is 8. The Kier molecular flexibility index (Phi) is 8.04. The number of ketones is 1. The minimum atomic E-state index is -1.12. The number of amides is 1. The molecule has 7 heteroatoms. The molecule has 0 radical (unpaired) electrons. The van der Waals surface area contributed by atoms with Crippen molar-refractivity contribution in [2.75, 3.05) is 20.3 Å². The summed E-state index contributed by atoms with van der Waals surface area (Å²) >= 11 is 0. The molecule has 9 atom stereocenters. The van der Waals surface area contributed by atoms with E-state index in [1.165, 1.54) is 0 Å². The van der Waals surface area contributed by atoms with Gasteiger partial charge in [0.2, 0.25) is 5.91 Å². The number of allylic oxidation sites excluding steroid dienone is 1. The minimum absolute atomic E-state index is 0.000251. The highest BCUT2D eigenvalue weighted by Crippen LogP contribution is 2.67. The van der Waals surface area contributed by atoms with Crippen LogP contribution in [-0.2, 0) is 14.3 Å². The van der Waals surface area contributed by atoms with Gasteiger partial charge in [0.25, 0.3) is 0 Å². The summed E-state index contributed by atoms with van der Waals surface area (Å²) in [6, 6.07) is -0.0614. The number of aliphatic hydroxyl groups is 3. The normalized spacial score (nSPS) is 42.1. The highest BCUT2D eigenvalue weighted by atomic mass is 16.5. The largest absolute Gasteiger partial charge is 0.390 e. The molecule has 0 heterocycles. The summed E-state index contributed by atoms with van der Waals surface area (Å²) in [5.41, 5.74) is -1.23. The SMILES string of the molecule is CCC(CC)C(=O)N(CCOC)C(C)C1CC[C@@]2(O)C3=CC(=O)C4CC(O)C(O)CC4(C)C3CCC12C. The van der Waals surface area contributed by atoms with E-state index in [0.29, 0.717) is 26.0 Å². The molecule has 4 aliphatic carbocycles. The van der Waals surface area contributed by atoms with Crippen LogP contribution in [0, 0.1) is 34.5 Å². The van der Waals surface area contributed by atoms with Crippen LogP contribution in [0.5, 0.6) is 0 Å². The zero-order valence-corrected chi connectivity index (χ0v) is 23.7. The third-order valence-corrected chi connectivity index (χ3v) is 11.4. The average Bonchev–Trinajstić information content (AvgIpc) is 3.13. The standard InChI is InChI=1S/C30H49NO6/c1-7-19(8-2)27(35)31(13-14-37-6)18(3)20-10-12-30(36)22-15-24(32)23-16-25(33)26(34)17-28(23,4)21(22)9-11-29(20,30)5/h15,18-21,23,25-26,33-34,36H,7-14,16-17H2,1-6H3/t18?,20?,21?,23?,25?,26?,28?,29?,30-/m1/s1. The molecule has 4 rings (SSSR count). The van der Waals surface area contributed by atoms with Gasteiger partial charge < -0.3 is 25.0 Å². The van der Waals surface area contributed by atoms with Crippen LogP contribution in [0.1, 0.15) is 86.0 Å². The Bertz CT molecular complexity index is 916. The minimum Gasteiger partial charge on any atom is -0.390 e. The molecule has 0 aromatic carbocycles. The van der Waals surface area contributed by atoms with E-state index in [-0.39, 0.29) is 47.8 Å². The van der Waals surface area contributed by atoms with Gasteiger partial charge in [0.15, 0.2) is 5.78 Å². The molecule has 1 amide bonds. The van der Waals surface area contributed by atoms with Gasteiger partial charge in [0.1, 0.15) is 0 Å². The fraction of sp³-hybridized carbons (Fsp3) is 0.867. The molecule has 7 nitrogen and oxygen atoms in total. The van der Waals surface area contributed by atoms with Crippen molar-refractivity contribution in [1.82, 2.24) is 4.90 Å². The Morgan fingerprint density at radius 3 is 2.43 bits per heavy atom. The van der Waals surface area contributed by atoms with Crippen molar-refractivity contribution in [2.24, 2.45) is 34.5 Å². The lowest BCUT2D eigenvalue weighted by Crippen LogP contribution is -2.62. The summed E-state index contributed by atoms with van der Waals surface area (Å²) < 4.78 is 5.37. The monoisotopic (exact) mass is 519 g/mol. The second-order valence-electron chi connectivity index (χ2n) is 12.9. The lowest BCUT2D eigenvalue weighted by Gasteiger charge is -2.60. The van der Waals surface area contributed by atoms with Crippen molar-refractivity contribution in [3.63, 3.8) is 0 Å². The van der Waals surface area contributed by atoms with Crippen LogP contribution in [0.25, 0.3) is 0 Å². The molecule has 3 fully saturated rings. The van der Waals surface area contributed by atoms with Crippen molar-refractivity contribution in [1.29, 1.82) is 0 Å². The van der Waals surface area contributed by atoms with Crippen molar-refractivity contribution in [3.8, 4) is 0 Å². The highest BCUT2D eigenvalue weighted by molar-refractivity contribution is 5.95. The van der Waals surface area contributed by atoms with Gasteiger partial charge in [-0.2, -0.15) is 0 Å². The average molecular weight is 520 g/mol. The topological polar surface area (TPSA) is 107 Å². The first-order valence-electron chi connectivity index (χ1n) is 14.5. The highest BCUT2D eigenvalue weighted by Gasteiger charge is 2.67. The Labute approximate surface area is 222 Å². The third-order valence-electron chi connectivity index (χ3n) is 11.4. The van der Waals surface area contributed by atoms with Crippen molar-refractivity contribution in [2.45, 2.75) is 110 Å². The Balaban J connectivity index is 1.67. The molecule has 210 valence electrons. The van der Waals surface area contributed by atoms with Gasteiger partial charge in [0, 0.05) is 36.9 Å². The van der Waals surface area contributed by atoms with Crippen LogP contribution in [0.2, 0.25) is 0 Å². The second-order valence-corrected chi connectivity index (χ2v) is 12.9. The molecule has 0 bridgehead atoms. The Morgan fingerprint density at radius 2 is 1.81 bits per heavy atom. The lowest BCUT2D eigenvalue weighted by molar-refractivity contribution is -0.155. The van der Waals surface area contributed by atoms with Crippen molar-refractivity contribution in [3.05, 3.63) is 11.6 Å². The van der Waals surface area contributed by atoms with E-state index in [4.69, 9.17) is 4.74 Å². The number of carbonyl (C=O) groups is 2. The molecule has 8 unspecified atom stereocenters. The molecule has 0 saturated heterocycles. The fourth-order valence-electron chi connectivity index (χ4n) is 8.98. The van der Waals surface area contributed by atoms with E-state index in [1.807, 2.05) is 4.90 Å². The maximum atomic E-state index is 13.6. The van der Waals surface area contributed by atoms with Gasteiger partial charge in [-0.25, -0.2) is 0 Å². The Morgan fingerprint density at radius 1 is 1.14 bits per heavy atom. The number of aliphatic hydroxyl groups excluding tert-OH is 2. The third kappa shape index (κ3) is 4.32. The van der Waals surface area contributed by atoms with Crippen LogP contribution in [0.4, 0.5) is 0 Å². The predicted octanol–water partition coefficient (Wildman–Crippen LogP) is 3.49. The number of methoxy groups -OCH3 is 1. The van der Waals surface area contributed by atoms with E-state index in [1.54, 1.807) is 13.2 Å². The maximum Gasteiger partial charge on any atom is 0.225 e. The lowest BCUT2D eigenvalue weighted by atomic mass is 9.46. The maximum absolute atomic E-state index is 13.6. The van der Waals surface area contributed by atoms with Gasteiger partial charge in [-0.15, -0.1) is 0 Å². The summed E-state index contributed by atoms with van der Waals surface area (Å²) in [7, 11) is 1.66. The van der Waals surface area contributed by atoms with E-state index >= 15 is 0 Å². The van der Waals surface area contributed by atoms with E-state index in [2.05, 4.69) is 34.6 Å². The molecule has 3 saturated carbocycles. The van der Waals surface area contributed by atoms with Crippen molar-refractivity contribution >= 4 is 11.7 Å². The quantitative estimate of drug-likeness (QED) is 0.453. The number of hydrogen-bond donors (Lipinski definition) is 3. The number of fused-ring (bicyclic) bond motifs is 5. The first kappa shape index (κ1) is 28.7. The van der Waals surface area contributed by atoms with E-state index in [0.717, 1.165) is 37.7 Å². The summed E-state index contributed by atoms with van der Waals surface area (Å²) in [6.45, 7) is 11.5. The number of ether oxygens (including phenoxy) is 1. The molecule has 0 aliphatic heterocycles. The number of hydrogen-bond acceptors (Lipinski definition) is 6. The molecule has 37 heavy (non-hydrogen) atoms. The van der Waals surface area contributed by atoms with Crippen LogP contribution < -0.4 is 0 Å². The zero-order chi connectivity index (χ0) is 27.3. The van der Waals surface area contributed by atoms with Gasteiger partial charge >= 0.3 is 0 Å². The molecule has 3 N–H and O–H groups in total. The summed E-state index contributed by atoms with van der Waals surface area (Å²) in [4.78, 5) is 29.0. The molecule has 4 aliphatic rings. The van der Waals surface area contributed by atoms with E-state index < -0.39 is 28.6 Å². The predicted molar refractivity (Wildman–Crippen MR) is 142 cm³/mol. The molecule has 0 aromatic heterocycles. The van der Waals surface area contributed by atoms with Gasteiger partial charge in [-0.05, 0) is 87.2 Å². The first-order valence-corrected chi connectivity index (χ1v) is 14.5. The zero-order valence-electron chi connectivity index (χ0n) is 23.7. The van der Waals surface area contributed by atoms with Gasteiger partial charge in [-0.1, -0.05) is 27.7 Å². The smallest absolute Gasteiger partial charge is 0.225 e. The first-order chi connectivity index (χ1) is 17.4. The number of carbonyl (C=O) groups excluding carboxylic acids is 2. The molecular formula is C30H49NO6. The number of nitrogens with zero attached hydrogens (tertiary/aromatic N) is 1. The molecule has 0 aromatic rings. The van der Waals surface area contributed by atoms with Crippen molar-refractivity contribution < 1.29 is 29.6 Å². The van der Waals surface area contributed by atoms with Gasteiger partial charge in [0.05, 0.1) is 24.4 Å². The van der Waals surface area contributed by atoms with Crippen LogP contribution in [0.3, 0.4) is 0 Å². The van der Waals surface area contributed by atoms with Crippen LogP contribution in [0.15, 0.2) is 11.6 Å². The van der Waals surface area contributed by atoms with Gasteiger partial charge in [-0.3, -0.25) is 9.59 Å². The van der Waals surface area contributed by atoms with E-state index in [9.17, 15) is 24.9 Å². The summed E-state index contributed by atoms with van der Waals surface area (Å²) in [6.07, 6.45) is 5.20. The summed E-state index contributed by atoms with van der Waals surface area (Å²) in [5, 5.41) is 33.3.